The van der Waals surface area contributed by atoms with Crippen molar-refractivity contribution in [3.05, 3.63) is 46.1 Å². The molecule has 0 bridgehead atoms. The summed E-state index contributed by atoms with van der Waals surface area (Å²) in [6.07, 6.45) is 3.86. The van der Waals surface area contributed by atoms with Gasteiger partial charge in [-0.2, -0.15) is 5.10 Å². The van der Waals surface area contributed by atoms with Crippen molar-refractivity contribution in [1.29, 1.82) is 0 Å². The van der Waals surface area contributed by atoms with Gasteiger partial charge in [0.25, 0.3) is 0 Å². The highest BCUT2D eigenvalue weighted by atomic mass is 16.5. The summed E-state index contributed by atoms with van der Waals surface area (Å²) in [6, 6.07) is 8.20. The molecule has 1 aliphatic heterocycles. The van der Waals surface area contributed by atoms with Crippen molar-refractivity contribution in [1.82, 2.24) is 19.2 Å². The van der Waals surface area contributed by atoms with Crippen molar-refractivity contribution < 1.29 is 9.53 Å². The van der Waals surface area contributed by atoms with Gasteiger partial charge in [0.2, 0.25) is 0 Å². The molecule has 174 valence electrons. The first kappa shape index (κ1) is 22.6. The molecule has 2 aromatic rings. The molecule has 1 unspecified atom stereocenters. The Morgan fingerprint density at radius 3 is 2.53 bits per heavy atom. The summed E-state index contributed by atoms with van der Waals surface area (Å²) in [6.45, 7) is 8.70. The zero-order valence-corrected chi connectivity index (χ0v) is 19.6. The smallest absolute Gasteiger partial charge is 0.346 e. The molecule has 1 N–H and O–H groups in total. The summed E-state index contributed by atoms with van der Waals surface area (Å²) in [5, 5.41) is 7.70. The van der Waals surface area contributed by atoms with Crippen LogP contribution >= 0.6 is 0 Å². The van der Waals surface area contributed by atoms with E-state index in [1.807, 2.05) is 21.6 Å². The number of piperidine rings is 1. The molecule has 32 heavy (non-hydrogen) atoms. The Morgan fingerprint density at radius 1 is 1.19 bits per heavy atom. The monoisotopic (exact) mass is 441 g/mol. The second-order valence-electron chi connectivity index (χ2n) is 10.0. The fraction of sp³-hybridized carbons (Fsp3) is 0.625. The number of hydrogen-bond acceptors (Lipinski definition) is 4. The van der Waals surface area contributed by atoms with Crippen molar-refractivity contribution in [3.63, 3.8) is 0 Å². The lowest BCUT2D eigenvalue weighted by molar-refractivity contribution is 0.181. The second kappa shape index (κ2) is 9.10. The molecule has 4 rings (SSSR count). The van der Waals surface area contributed by atoms with Crippen LogP contribution < -0.4 is 11.0 Å². The summed E-state index contributed by atoms with van der Waals surface area (Å²) < 4.78 is 8.52. The molecule has 1 saturated carbocycles. The van der Waals surface area contributed by atoms with Gasteiger partial charge in [-0.3, -0.25) is 4.57 Å². The number of urea groups is 1. The molecule has 2 aliphatic rings. The molecular formula is C24H35N5O3. The number of hydrogen-bond donors (Lipinski definition) is 1. The predicted molar refractivity (Wildman–Crippen MR) is 124 cm³/mol. The number of ether oxygens (including phenoxy) is 1. The number of anilines is 1. The second-order valence-corrected chi connectivity index (χ2v) is 10.0. The third-order valence-electron chi connectivity index (χ3n) is 6.39. The van der Waals surface area contributed by atoms with Crippen LogP contribution in [0.1, 0.15) is 69.8 Å². The van der Waals surface area contributed by atoms with Crippen molar-refractivity contribution in [2.75, 3.05) is 32.1 Å². The first-order valence-electron chi connectivity index (χ1n) is 11.6. The summed E-state index contributed by atoms with van der Waals surface area (Å²) >= 11 is 0. The van der Waals surface area contributed by atoms with Crippen molar-refractivity contribution in [2.24, 2.45) is 0 Å². The molecule has 2 amide bonds. The Labute approximate surface area is 189 Å². The van der Waals surface area contributed by atoms with E-state index in [1.165, 1.54) is 10.2 Å². The molecule has 2 fully saturated rings. The molecule has 0 spiro atoms. The van der Waals surface area contributed by atoms with Gasteiger partial charge in [-0.05, 0) is 48.8 Å². The average Bonchev–Trinajstić information content (AvgIpc) is 3.55. The Balaban J connectivity index is 1.46. The highest BCUT2D eigenvalue weighted by molar-refractivity contribution is 5.89. The van der Waals surface area contributed by atoms with E-state index in [0.29, 0.717) is 26.2 Å². The van der Waals surface area contributed by atoms with Crippen LogP contribution in [0.2, 0.25) is 0 Å². The molecule has 1 aromatic carbocycles. The number of nitrogens with one attached hydrogen (secondary N) is 1. The first-order chi connectivity index (χ1) is 15.3. The Hall–Kier alpha value is -2.61. The standard InChI is InChI=1S/C24H35N5O3/c1-24(2,3)18-7-9-19(10-8-18)25-22(30)27-13-5-6-17(16-27)21-26-28(14-15-32-4)23(31)29(21)20-11-12-20/h7-10,17,20H,5-6,11-16H2,1-4H3,(H,25,30). The number of carbonyl (C=O) groups excluding carboxylic acids is 1. The number of amides is 2. The largest absolute Gasteiger partial charge is 0.383 e. The van der Waals surface area contributed by atoms with Crippen LogP contribution in [0, 0.1) is 0 Å². The molecule has 1 atom stereocenters. The molecular weight excluding hydrogens is 406 g/mol. The minimum Gasteiger partial charge on any atom is -0.383 e. The minimum absolute atomic E-state index is 0.0555. The van der Waals surface area contributed by atoms with E-state index in [1.54, 1.807) is 7.11 Å². The van der Waals surface area contributed by atoms with E-state index in [4.69, 9.17) is 4.74 Å². The fourth-order valence-electron chi connectivity index (χ4n) is 4.34. The molecule has 0 radical (unpaired) electrons. The van der Waals surface area contributed by atoms with Gasteiger partial charge in [0.15, 0.2) is 0 Å². The lowest BCUT2D eigenvalue weighted by Crippen LogP contribution is -2.42. The van der Waals surface area contributed by atoms with Crippen LogP contribution in [-0.4, -0.2) is 52.1 Å². The summed E-state index contributed by atoms with van der Waals surface area (Å²) in [4.78, 5) is 27.7. The number of aromatic nitrogens is 3. The SMILES string of the molecule is COCCn1nc(C2CCCN(C(=O)Nc3ccc(C(C)(C)C)cc3)C2)n(C2CC2)c1=O. The number of methoxy groups -OCH3 is 1. The number of carbonyl (C=O) groups is 1. The van der Waals surface area contributed by atoms with Crippen LogP contribution in [0.3, 0.4) is 0 Å². The van der Waals surface area contributed by atoms with E-state index in [2.05, 4.69) is 43.3 Å². The average molecular weight is 442 g/mol. The van der Waals surface area contributed by atoms with Crippen LogP contribution in [-0.2, 0) is 16.7 Å². The van der Waals surface area contributed by atoms with Gasteiger partial charge >= 0.3 is 11.7 Å². The zero-order valence-electron chi connectivity index (χ0n) is 19.6. The molecule has 8 heteroatoms. The third kappa shape index (κ3) is 4.90. The van der Waals surface area contributed by atoms with Crippen LogP contribution in [0.4, 0.5) is 10.5 Å². The first-order valence-corrected chi connectivity index (χ1v) is 11.6. The molecule has 1 saturated heterocycles. The van der Waals surface area contributed by atoms with Gasteiger partial charge in [0, 0.05) is 37.8 Å². The van der Waals surface area contributed by atoms with Gasteiger partial charge in [0.1, 0.15) is 5.82 Å². The highest BCUT2D eigenvalue weighted by Crippen LogP contribution is 2.37. The number of likely N-dealkylation sites (tertiary alicyclic amines) is 1. The molecule has 2 heterocycles. The van der Waals surface area contributed by atoms with Crippen LogP contribution in [0.5, 0.6) is 0 Å². The Kier molecular flexibility index (Phi) is 6.42. The number of nitrogens with zero attached hydrogens (tertiary/aromatic N) is 4. The van der Waals surface area contributed by atoms with E-state index in [9.17, 15) is 9.59 Å². The third-order valence-corrected chi connectivity index (χ3v) is 6.39. The Bertz CT molecular complexity index is 998. The van der Waals surface area contributed by atoms with Crippen molar-refractivity contribution in [3.8, 4) is 0 Å². The van der Waals surface area contributed by atoms with Gasteiger partial charge in [0.05, 0.1) is 13.2 Å². The van der Waals surface area contributed by atoms with Crippen LogP contribution in [0.15, 0.2) is 29.1 Å². The van der Waals surface area contributed by atoms with Gasteiger partial charge in [-0.25, -0.2) is 14.3 Å². The number of rotatable bonds is 6. The summed E-state index contributed by atoms with van der Waals surface area (Å²) in [5.41, 5.74) is 2.05. The normalized spacial score (nSPS) is 19.2. The van der Waals surface area contributed by atoms with Crippen LogP contribution in [0.25, 0.3) is 0 Å². The predicted octanol–water partition coefficient (Wildman–Crippen LogP) is 3.74. The molecule has 8 nitrogen and oxygen atoms in total. The lowest BCUT2D eigenvalue weighted by Gasteiger charge is -2.32. The lowest BCUT2D eigenvalue weighted by atomic mass is 9.87. The topological polar surface area (TPSA) is 81.4 Å². The fourth-order valence-corrected chi connectivity index (χ4v) is 4.34. The van der Waals surface area contributed by atoms with E-state index < -0.39 is 0 Å². The minimum atomic E-state index is -0.0997. The van der Waals surface area contributed by atoms with Gasteiger partial charge < -0.3 is 15.0 Å². The van der Waals surface area contributed by atoms with E-state index in [0.717, 1.165) is 37.2 Å². The number of benzene rings is 1. The quantitative estimate of drug-likeness (QED) is 0.741. The van der Waals surface area contributed by atoms with Gasteiger partial charge in [-0.1, -0.05) is 32.9 Å². The Morgan fingerprint density at radius 2 is 1.91 bits per heavy atom. The summed E-state index contributed by atoms with van der Waals surface area (Å²) in [7, 11) is 1.62. The van der Waals surface area contributed by atoms with E-state index >= 15 is 0 Å². The maximum atomic E-state index is 13.0. The molecule has 1 aliphatic carbocycles. The van der Waals surface area contributed by atoms with Crippen molar-refractivity contribution in [2.45, 2.75) is 70.4 Å². The maximum absolute atomic E-state index is 13.0. The highest BCUT2D eigenvalue weighted by Gasteiger charge is 2.35. The van der Waals surface area contributed by atoms with Crippen molar-refractivity contribution >= 4 is 11.7 Å². The summed E-state index contributed by atoms with van der Waals surface area (Å²) in [5.74, 6) is 0.885. The van der Waals surface area contributed by atoms with E-state index in [-0.39, 0.29) is 29.1 Å². The zero-order chi connectivity index (χ0) is 22.9. The molecule has 1 aromatic heterocycles. The van der Waals surface area contributed by atoms with Gasteiger partial charge in [-0.15, -0.1) is 0 Å². The maximum Gasteiger partial charge on any atom is 0.346 e.